The van der Waals surface area contributed by atoms with Crippen LogP contribution in [0.1, 0.15) is 5.56 Å². The fourth-order valence-electron chi connectivity index (χ4n) is 2.29. The summed E-state index contributed by atoms with van der Waals surface area (Å²) in [5, 5.41) is -0.152. The van der Waals surface area contributed by atoms with Crippen molar-refractivity contribution < 1.29 is 26.3 Å². The van der Waals surface area contributed by atoms with Crippen LogP contribution < -0.4 is 9.46 Å². The van der Waals surface area contributed by atoms with Crippen molar-refractivity contribution in [2.45, 2.75) is 11.1 Å². The largest absolute Gasteiger partial charge is 0.457 e. The summed E-state index contributed by atoms with van der Waals surface area (Å²) >= 11 is 5.84. The van der Waals surface area contributed by atoms with Gasteiger partial charge in [-0.15, -0.1) is 0 Å². The van der Waals surface area contributed by atoms with Gasteiger partial charge in [0.25, 0.3) is 10.0 Å². The third-order valence-corrected chi connectivity index (χ3v) is 5.36. The summed E-state index contributed by atoms with van der Waals surface area (Å²) in [7, 11) is -4.15. The SMILES string of the molecule is O=S(=O)(Nc1cc(C(F)(F)F)ccc1Cl)c1ccc(Oc2ccccc2)cc1. The minimum atomic E-state index is -4.62. The van der Waals surface area contributed by atoms with E-state index in [0.29, 0.717) is 17.6 Å². The maximum Gasteiger partial charge on any atom is 0.416 e. The second kappa shape index (κ2) is 7.73. The first-order valence-electron chi connectivity index (χ1n) is 7.88. The first kappa shape index (κ1) is 20.0. The van der Waals surface area contributed by atoms with Gasteiger partial charge in [0.05, 0.1) is 21.2 Å². The van der Waals surface area contributed by atoms with Gasteiger partial charge in [-0.25, -0.2) is 8.42 Å². The van der Waals surface area contributed by atoms with Gasteiger partial charge in [-0.3, -0.25) is 4.72 Å². The van der Waals surface area contributed by atoms with Gasteiger partial charge in [0.15, 0.2) is 0 Å². The summed E-state index contributed by atoms with van der Waals surface area (Å²) in [6.45, 7) is 0. The number of halogens is 4. The second-order valence-corrected chi connectivity index (χ2v) is 7.77. The molecule has 0 unspecified atom stereocenters. The van der Waals surface area contributed by atoms with Gasteiger partial charge < -0.3 is 4.74 Å². The number of alkyl halides is 3. The van der Waals surface area contributed by atoms with Gasteiger partial charge in [0.1, 0.15) is 11.5 Å². The number of anilines is 1. The van der Waals surface area contributed by atoms with Crippen LogP contribution in [0.2, 0.25) is 5.02 Å². The molecule has 0 aliphatic rings. The van der Waals surface area contributed by atoms with E-state index in [2.05, 4.69) is 4.72 Å². The van der Waals surface area contributed by atoms with Crippen LogP contribution in [-0.4, -0.2) is 8.42 Å². The summed E-state index contributed by atoms with van der Waals surface area (Å²) in [6, 6.07) is 16.7. The van der Waals surface area contributed by atoms with Crippen molar-refractivity contribution in [1.82, 2.24) is 0 Å². The molecule has 0 aliphatic heterocycles. The normalized spacial score (nSPS) is 11.9. The van der Waals surface area contributed by atoms with E-state index in [4.69, 9.17) is 16.3 Å². The zero-order valence-corrected chi connectivity index (χ0v) is 15.6. The predicted molar refractivity (Wildman–Crippen MR) is 100 cm³/mol. The van der Waals surface area contributed by atoms with Gasteiger partial charge in [0.2, 0.25) is 0 Å². The monoisotopic (exact) mass is 427 g/mol. The highest BCUT2D eigenvalue weighted by atomic mass is 35.5. The van der Waals surface area contributed by atoms with Gasteiger partial charge in [0, 0.05) is 0 Å². The van der Waals surface area contributed by atoms with Crippen LogP contribution in [0.15, 0.2) is 77.7 Å². The number of para-hydroxylation sites is 1. The van der Waals surface area contributed by atoms with Crippen molar-refractivity contribution in [3.05, 3.63) is 83.4 Å². The van der Waals surface area contributed by atoms with E-state index in [1.165, 1.54) is 24.3 Å². The molecule has 0 spiro atoms. The standard InChI is InChI=1S/C19H13ClF3NO3S/c20-17-11-6-13(19(21,22)23)12-18(17)24-28(25,26)16-9-7-15(8-10-16)27-14-4-2-1-3-5-14/h1-12,24H. The molecular formula is C19H13ClF3NO3S. The zero-order valence-electron chi connectivity index (χ0n) is 14.1. The maximum absolute atomic E-state index is 12.8. The molecule has 0 heterocycles. The molecule has 0 bridgehead atoms. The molecular weight excluding hydrogens is 415 g/mol. The van der Waals surface area contributed by atoms with Crippen LogP contribution in [0, 0.1) is 0 Å². The smallest absolute Gasteiger partial charge is 0.416 e. The zero-order chi connectivity index (χ0) is 20.4. The van der Waals surface area contributed by atoms with Crippen molar-refractivity contribution in [2.24, 2.45) is 0 Å². The average molecular weight is 428 g/mol. The fraction of sp³-hybridized carbons (Fsp3) is 0.0526. The number of sulfonamides is 1. The molecule has 3 aromatic carbocycles. The molecule has 0 aromatic heterocycles. The molecule has 0 atom stereocenters. The van der Waals surface area contributed by atoms with Crippen molar-refractivity contribution >= 4 is 27.3 Å². The predicted octanol–water partition coefficient (Wildman–Crippen LogP) is 5.95. The van der Waals surface area contributed by atoms with Gasteiger partial charge in [-0.05, 0) is 54.6 Å². The quantitative estimate of drug-likeness (QED) is 0.547. The number of ether oxygens (including phenoxy) is 1. The van der Waals surface area contributed by atoms with E-state index in [1.807, 2.05) is 6.07 Å². The Labute approximate surface area is 164 Å². The van der Waals surface area contributed by atoms with E-state index in [9.17, 15) is 21.6 Å². The van der Waals surface area contributed by atoms with E-state index >= 15 is 0 Å². The molecule has 28 heavy (non-hydrogen) atoms. The van der Waals surface area contributed by atoms with Crippen molar-refractivity contribution in [3.8, 4) is 11.5 Å². The summed E-state index contributed by atoms with van der Waals surface area (Å²) in [4.78, 5) is -0.151. The van der Waals surface area contributed by atoms with E-state index in [0.717, 1.165) is 12.1 Å². The molecule has 9 heteroatoms. The van der Waals surface area contributed by atoms with Crippen LogP contribution >= 0.6 is 11.6 Å². The van der Waals surface area contributed by atoms with Crippen molar-refractivity contribution in [1.29, 1.82) is 0 Å². The van der Waals surface area contributed by atoms with Crippen LogP contribution in [-0.2, 0) is 16.2 Å². The third-order valence-electron chi connectivity index (χ3n) is 3.65. The Morgan fingerprint density at radius 1 is 0.857 bits per heavy atom. The minimum Gasteiger partial charge on any atom is -0.457 e. The molecule has 146 valence electrons. The van der Waals surface area contributed by atoms with Gasteiger partial charge in [-0.1, -0.05) is 29.8 Å². The lowest BCUT2D eigenvalue weighted by Crippen LogP contribution is -2.14. The Bertz CT molecular complexity index is 1070. The first-order valence-corrected chi connectivity index (χ1v) is 9.74. The Morgan fingerprint density at radius 2 is 1.46 bits per heavy atom. The number of nitrogens with one attached hydrogen (secondary N) is 1. The van der Waals surface area contributed by atoms with E-state index in [1.54, 1.807) is 24.3 Å². The Balaban J connectivity index is 1.82. The average Bonchev–Trinajstić information content (AvgIpc) is 2.64. The second-order valence-electron chi connectivity index (χ2n) is 5.68. The van der Waals surface area contributed by atoms with Crippen LogP contribution in [0.4, 0.5) is 18.9 Å². The highest BCUT2D eigenvalue weighted by Gasteiger charge is 2.31. The molecule has 0 aliphatic carbocycles. The van der Waals surface area contributed by atoms with Crippen molar-refractivity contribution in [3.63, 3.8) is 0 Å². The van der Waals surface area contributed by atoms with E-state index < -0.39 is 21.8 Å². The summed E-state index contributed by atoms with van der Waals surface area (Å²) in [5.41, 5.74) is -1.37. The third kappa shape index (κ3) is 4.76. The minimum absolute atomic E-state index is 0.151. The number of hydrogen-bond donors (Lipinski definition) is 1. The molecule has 0 amide bonds. The lowest BCUT2D eigenvalue weighted by Gasteiger charge is -2.13. The highest BCUT2D eigenvalue weighted by Crippen LogP contribution is 2.34. The van der Waals surface area contributed by atoms with Crippen molar-refractivity contribution in [2.75, 3.05) is 4.72 Å². The molecule has 0 radical (unpaired) electrons. The fourth-order valence-corrected chi connectivity index (χ4v) is 3.59. The van der Waals surface area contributed by atoms with Crippen LogP contribution in [0.5, 0.6) is 11.5 Å². The molecule has 0 fully saturated rings. The maximum atomic E-state index is 12.8. The Hall–Kier alpha value is -2.71. The van der Waals surface area contributed by atoms with Crippen LogP contribution in [0.25, 0.3) is 0 Å². The molecule has 0 saturated heterocycles. The summed E-state index contributed by atoms with van der Waals surface area (Å²) < 4.78 is 71.2. The lowest BCUT2D eigenvalue weighted by atomic mass is 10.2. The molecule has 0 saturated carbocycles. The summed E-state index contributed by atoms with van der Waals surface area (Å²) in [5.74, 6) is 0.981. The van der Waals surface area contributed by atoms with Gasteiger partial charge in [-0.2, -0.15) is 13.2 Å². The Kier molecular flexibility index (Phi) is 5.53. The molecule has 3 rings (SSSR count). The summed E-state index contributed by atoms with van der Waals surface area (Å²) in [6.07, 6.45) is -4.62. The Morgan fingerprint density at radius 3 is 2.07 bits per heavy atom. The van der Waals surface area contributed by atoms with E-state index in [-0.39, 0.29) is 15.6 Å². The topological polar surface area (TPSA) is 55.4 Å². The number of rotatable bonds is 5. The molecule has 4 nitrogen and oxygen atoms in total. The lowest BCUT2D eigenvalue weighted by molar-refractivity contribution is -0.137. The van der Waals surface area contributed by atoms with Gasteiger partial charge >= 0.3 is 6.18 Å². The molecule has 3 aromatic rings. The van der Waals surface area contributed by atoms with Crippen LogP contribution in [0.3, 0.4) is 0 Å². The molecule has 1 N–H and O–H groups in total. The number of hydrogen-bond acceptors (Lipinski definition) is 3. The number of benzene rings is 3. The highest BCUT2D eigenvalue weighted by molar-refractivity contribution is 7.92. The first-order chi connectivity index (χ1) is 13.1.